The Kier molecular flexibility index (Phi) is 8.33. The van der Waals surface area contributed by atoms with Gasteiger partial charge < -0.3 is 10.0 Å². The van der Waals surface area contributed by atoms with Crippen LogP contribution in [-0.2, 0) is 12.4 Å². The van der Waals surface area contributed by atoms with E-state index in [1.807, 2.05) is 6.07 Å². The highest BCUT2D eigenvalue weighted by molar-refractivity contribution is 5.94. The van der Waals surface area contributed by atoms with E-state index in [2.05, 4.69) is 20.3 Å². The molecule has 2 N–H and O–H groups in total. The zero-order chi connectivity index (χ0) is 28.3. The van der Waals surface area contributed by atoms with Crippen LogP contribution >= 0.6 is 0 Å². The summed E-state index contributed by atoms with van der Waals surface area (Å²) in [4.78, 5) is 26.1. The lowest BCUT2D eigenvalue weighted by molar-refractivity contribution is -0.143. The highest BCUT2D eigenvalue weighted by Gasteiger charge is 2.37. The number of hydrogen-bond acceptors (Lipinski definition) is 7. The fourth-order valence-corrected chi connectivity index (χ4v) is 3.47. The van der Waals surface area contributed by atoms with Gasteiger partial charge in [-0.3, -0.25) is 25.1 Å². The van der Waals surface area contributed by atoms with Gasteiger partial charge in [-0.2, -0.15) is 31.6 Å². The fourth-order valence-electron chi connectivity index (χ4n) is 3.47. The Morgan fingerprint density at radius 1 is 1.05 bits per heavy atom. The standard InChI is InChI=1S/C24H20F6N6O2/c1-13(35-21(37)15-9-16(23(25,26)27)11-17(10-15)24(28,29)30)19-20(33-7-6-32-19)18-4-3-14(12-34-18)22(38)36(2)8-5-31/h3-4,6-7,9-13,21,35,37H,8H2,1-2H3. The lowest BCUT2D eigenvalue weighted by Gasteiger charge is -2.22. The number of carbonyl (C=O) groups is 1. The SMILES string of the molecule is CC(NC(O)c1cc(C(F)(F)F)cc(C(F)(F)F)c1)c1nccnc1-c1ccc(C(=O)N(C)CC#N)cn1. The summed E-state index contributed by atoms with van der Waals surface area (Å²) in [6.07, 6.45) is -8.15. The Bertz CT molecular complexity index is 1310. The number of aliphatic hydroxyl groups is 1. The Balaban J connectivity index is 1.89. The highest BCUT2D eigenvalue weighted by Crippen LogP contribution is 2.37. The van der Waals surface area contributed by atoms with Crippen LogP contribution in [0.4, 0.5) is 26.3 Å². The number of pyridine rings is 1. The van der Waals surface area contributed by atoms with E-state index < -0.39 is 47.2 Å². The zero-order valence-electron chi connectivity index (χ0n) is 19.8. The lowest BCUT2D eigenvalue weighted by Crippen LogP contribution is -2.27. The Hall–Kier alpha value is -4.09. The summed E-state index contributed by atoms with van der Waals surface area (Å²) in [5.41, 5.74) is -2.93. The minimum absolute atomic E-state index is 0.0292. The van der Waals surface area contributed by atoms with Crippen LogP contribution in [0.3, 0.4) is 0 Å². The second kappa shape index (κ2) is 11.1. The Labute approximate surface area is 212 Å². The molecule has 2 atom stereocenters. The number of alkyl halides is 6. The van der Waals surface area contributed by atoms with Gasteiger partial charge in [-0.25, -0.2) is 0 Å². The maximum atomic E-state index is 13.2. The van der Waals surface area contributed by atoms with Gasteiger partial charge in [-0.1, -0.05) is 0 Å². The van der Waals surface area contributed by atoms with E-state index in [1.165, 1.54) is 49.6 Å². The molecule has 2 aromatic heterocycles. The molecular weight excluding hydrogens is 518 g/mol. The molecule has 0 bridgehead atoms. The summed E-state index contributed by atoms with van der Waals surface area (Å²) in [5.74, 6) is -0.442. The zero-order valence-corrected chi connectivity index (χ0v) is 19.8. The predicted octanol–water partition coefficient (Wildman–Crippen LogP) is 4.51. The molecule has 1 amide bonds. The number of rotatable bonds is 7. The number of halogens is 6. The number of carbonyl (C=O) groups excluding carboxylic acids is 1. The van der Waals surface area contributed by atoms with Crippen molar-refractivity contribution in [3.63, 3.8) is 0 Å². The van der Waals surface area contributed by atoms with Gasteiger partial charge in [0, 0.05) is 25.6 Å². The van der Waals surface area contributed by atoms with Crippen LogP contribution in [0, 0.1) is 11.3 Å². The molecule has 0 spiro atoms. The monoisotopic (exact) mass is 538 g/mol. The number of aliphatic hydroxyl groups excluding tert-OH is 1. The van der Waals surface area contributed by atoms with Gasteiger partial charge in [0.05, 0.1) is 40.2 Å². The van der Waals surface area contributed by atoms with Crippen molar-refractivity contribution in [2.75, 3.05) is 13.6 Å². The third kappa shape index (κ3) is 6.61. The summed E-state index contributed by atoms with van der Waals surface area (Å²) >= 11 is 0. The Morgan fingerprint density at radius 3 is 2.18 bits per heavy atom. The van der Waals surface area contributed by atoms with Crippen LogP contribution < -0.4 is 5.32 Å². The molecule has 0 radical (unpaired) electrons. The van der Waals surface area contributed by atoms with Crippen molar-refractivity contribution in [3.8, 4) is 17.5 Å². The van der Waals surface area contributed by atoms with Crippen molar-refractivity contribution >= 4 is 5.91 Å². The average molecular weight is 538 g/mol. The number of nitriles is 1. The first-order chi connectivity index (χ1) is 17.7. The van der Waals surface area contributed by atoms with Gasteiger partial charge >= 0.3 is 12.4 Å². The molecule has 0 fully saturated rings. The number of nitrogens with zero attached hydrogens (tertiary/aromatic N) is 5. The minimum Gasteiger partial charge on any atom is -0.374 e. The van der Waals surface area contributed by atoms with Crippen LogP contribution in [0.25, 0.3) is 11.4 Å². The number of benzene rings is 1. The second-order valence-corrected chi connectivity index (χ2v) is 8.17. The number of nitrogens with one attached hydrogen (secondary N) is 1. The van der Waals surface area contributed by atoms with Crippen LogP contribution in [0.1, 0.15) is 51.9 Å². The van der Waals surface area contributed by atoms with E-state index in [9.17, 15) is 36.2 Å². The van der Waals surface area contributed by atoms with Crippen molar-refractivity contribution in [2.24, 2.45) is 0 Å². The summed E-state index contributed by atoms with van der Waals surface area (Å²) in [6.45, 7) is 1.35. The van der Waals surface area contributed by atoms with Crippen molar-refractivity contribution in [3.05, 3.63) is 76.9 Å². The second-order valence-electron chi connectivity index (χ2n) is 8.17. The number of amides is 1. The quantitative estimate of drug-likeness (QED) is 0.258. The van der Waals surface area contributed by atoms with Gasteiger partial charge in [0.2, 0.25) is 0 Å². The van der Waals surface area contributed by atoms with E-state index in [4.69, 9.17) is 5.26 Å². The molecule has 38 heavy (non-hydrogen) atoms. The predicted molar refractivity (Wildman–Crippen MR) is 121 cm³/mol. The van der Waals surface area contributed by atoms with Gasteiger partial charge in [-0.05, 0) is 42.8 Å². The van der Waals surface area contributed by atoms with Gasteiger partial charge in [-0.15, -0.1) is 0 Å². The van der Waals surface area contributed by atoms with Gasteiger partial charge in [0.15, 0.2) is 0 Å². The summed E-state index contributed by atoms with van der Waals surface area (Å²) < 4.78 is 79.2. The van der Waals surface area contributed by atoms with Crippen LogP contribution in [0.5, 0.6) is 0 Å². The fraction of sp³-hybridized carbons (Fsp3) is 0.292. The van der Waals surface area contributed by atoms with Crippen molar-refractivity contribution in [1.82, 2.24) is 25.2 Å². The molecule has 0 aliphatic carbocycles. The van der Waals surface area contributed by atoms with Crippen LogP contribution in [-0.4, -0.2) is 44.5 Å². The van der Waals surface area contributed by atoms with Crippen molar-refractivity contribution in [1.29, 1.82) is 5.26 Å². The first-order valence-corrected chi connectivity index (χ1v) is 10.9. The summed E-state index contributed by atoms with van der Waals surface area (Å²) in [5, 5.41) is 21.8. The molecule has 0 aliphatic heterocycles. The first kappa shape index (κ1) is 28.5. The maximum Gasteiger partial charge on any atom is 0.416 e. The third-order valence-electron chi connectivity index (χ3n) is 5.38. The normalized spacial score (nSPS) is 13.5. The Morgan fingerprint density at radius 2 is 1.66 bits per heavy atom. The molecule has 0 aliphatic rings. The molecule has 3 rings (SSSR count). The van der Waals surface area contributed by atoms with E-state index in [-0.39, 0.29) is 35.3 Å². The van der Waals surface area contributed by atoms with E-state index in [1.54, 1.807) is 0 Å². The topological polar surface area (TPSA) is 115 Å². The van der Waals surface area contributed by atoms with E-state index in [0.717, 1.165) is 0 Å². The molecule has 0 saturated heterocycles. The highest BCUT2D eigenvalue weighted by atomic mass is 19.4. The number of aromatic nitrogens is 3. The number of hydrogen-bond donors (Lipinski definition) is 2. The van der Waals surface area contributed by atoms with Gasteiger partial charge in [0.1, 0.15) is 18.5 Å². The van der Waals surface area contributed by atoms with Crippen LogP contribution in [0.2, 0.25) is 0 Å². The molecule has 2 unspecified atom stereocenters. The molecule has 0 saturated carbocycles. The van der Waals surface area contributed by atoms with Crippen molar-refractivity contribution in [2.45, 2.75) is 31.5 Å². The minimum atomic E-state index is -5.07. The largest absolute Gasteiger partial charge is 0.416 e. The van der Waals surface area contributed by atoms with E-state index >= 15 is 0 Å². The smallest absolute Gasteiger partial charge is 0.374 e. The molecule has 14 heteroatoms. The average Bonchev–Trinajstić information content (AvgIpc) is 2.87. The molecule has 2 heterocycles. The molecule has 1 aromatic carbocycles. The van der Waals surface area contributed by atoms with Crippen molar-refractivity contribution < 1.29 is 36.2 Å². The molecule has 8 nitrogen and oxygen atoms in total. The molecule has 3 aromatic rings. The van der Waals surface area contributed by atoms with Crippen LogP contribution in [0.15, 0.2) is 48.9 Å². The first-order valence-electron chi connectivity index (χ1n) is 10.9. The van der Waals surface area contributed by atoms with E-state index in [0.29, 0.717) is 12.1 Å². The molecule has 200 valence electrons. The maximum absolute atomic E-state index is 13.2. The third-order valence-corrected chi connectivity index (χ3v) is 5.38. The lowest BCUT2D eigenvalue weighted by atomic mass is 10.0. The summed E-state index contributed by atoms with van der Waals surface area (Å²) in [6, 6.07) is 4.68. The summed E-state index contributed by atoms with van der Waals surface area (Å²) in [7, 11) is 1.45. The molecular formula is C24H20F6N6O2. The van der Waals surface area contributed by atoms with Gasteiger partial charge in [0.25, 0.3) is 5.91 Å².